The molecule has 0 amide bonds. The van der Waals surface area contributed by atoms with Crippen LogP contribution in [-0.2, 0) is 10.0 Å². The Balaban J connectivity index is 3.68. The molecule has 0 aromatic carbocycles. The summed E-state index contributed by atoms with van der Waals surface area (Å²) in [6.45, 7) is 0. The van der Waals surface area contributed by atoms with E-state index < -0.39 is 10.0 Å². The van der Waals surface area contributed by atoms with Gasteiger partial charge in [0.15, 0.2) is 0 Å². The molecule has 0 saturated heterocycles. The molecule has 0 bridgehead atoms. The van der Waals surface area contributed by atoms with Gasteiger partial charge in [0.25, 0.3) is 0 Å². The summed E-state index contributed by atoms with van der Waals surface area (Å²) >= 11 is 0. The Bertz CT molecular complexity index is 108. The van der Waals surface area contributed by atoms with E-state index in [4.69, 9.17) is 10.7 Å². The summed E-state index contributed by atoms with van der Waals surface area (Å²) in [5.41, 5.74) is 1.40. The molecular formula is C3H7ClNOS+. The van der Waals surface area contributed by atoms with Crippen LogP contribution in [0.25, 0.3) is 0 Å². The van der Waals surface area contributed by atoms with Crippen LogP contribution in [0.5, 0.6) is 0 Å². The monoisotopic (exact) mass is 140 g/mol. The predicted octanol–water partition coefficient (Wildman–Crippen LogP) is 0.189. The van der Waals surface area contributed by atoms with E-state index in [1.54, 1.807) is 18.7 Å². The molecule has 0 aromatic rings. The topological polar surface area (TPSA) is 20.1 Å². The highest BCUT2D eigenvalue weighted by molar-refractivity contribution is 8.18. The summed E-state index contributed by atoms with van der Waals surface area (Å²) in [6, 6.07) is 0. The maximum atomic E-state index is 10.0. The minimum absolute atomic E-state index is 1.32. The Kier molecular flexibility index (Phi) is 3.21. The van der Waals surface area contributed by atoms with Gasteiger partial charge in [0.2, 0.25) is 15.6 Å². The zero-order valence-corrected chi connectivity index (χ0v) is 5.79. The lowest BCUT2D eigenvalue weighted by Gasteiger charge is -1.76. The number of nitrogens with zero attached hydrogens (tertiary/aromatic N) is 1. The van der Waals surface area contributed by atoms with Crippen molar-refractivity contribution in [3.05, 3.63) is 0 Å². The van der Waals surface area contributed by atoms with Crippen molar-refractivity contribution in [3.8, 4) is 0 Å². The number of halogens is 1. The third kappa shape index (κ3) is 6.11. The fraction of sp³-hybridized carbons (Fsp3) is 0.667. The smallest absolute Gasteiger partial charge is 0.233 e. The molecule has 1 atom stereocenters. The second-order valence-electron chi connectivity index (χ2n) is 1.32. The molecule has 0 aliphatic heterocycles. The third-order valence-corrected chi connectivity index (χ3v) is 1.12. The highest BCUT2D eigenvalue weighted by Gasteiger charge is 1.88. The number of rotatable bonds is 1. The average molecular weight is 141 g/mol. The van der Waals surface area contributed by atoms with Crippen molar-refractivity contribution < 1.29 is 8.78 Å². The zero-order chi connectivity index (χ0) is 5.86. The second kappa shape index (κ2) is 3.16. The molecule has 0 heterocycles. The number of hydrogen-bond donors (Lipinski definition) is 0. The van der Waals surface area contributed by atoms with Crippen molar-refractivity contribution in [2.75, 3.05) is 14.1 Å². The van der Waals surface area contributed by atoms with E-state index in [1.807, 2.05) is 0 Å². The van der Waals surface area contributed by atoms with Gasteiger partial charge in [-0.05, 0) is 0 Å². The zero-order valence-electron chi connectivity index (χ0n) is 4.22. The van der Waals surface area contributed by atoms with E-state index >= 15 is 0 Å². The maximum Gasteiger partial charge on any atom is 0.243 e. The first-order valence-corrected chi connectivity index (χ1v) is 3.75. The SMILES string of the molecule is C[N+](C)=CS(=O)Cl. The van der Waals surface area contributed by atoms with Gasteiger partial charge >= 0.3 is 0 Å². The van der Waals surface area contributed by atoms with Crippen molar-refractivity contribution in [2.45, 2.75) is 0 Å². The average Bonchev–Trinajstić information content (AvgIpc) is 1.27. The minimum atomic E-state index is -1.32. The van der Waals surface area contributed by atoms with Gasteiger partial charge in [-0.2, -0.15) is 0 Å². The molecule has 0 spiro atoms. The van der Waals surface area contributed by atoms with Crippen LogP contribution in [-0.4, -0.2) is 28.4 Å². The summed E-state index contributed by atoms with van der Waals surface area (Å²) in [6.07, 6.45) is 0. The molecule has 0 rings (SSSR count). The molecule has 0 radical (unpaired) electrons. The van der Waals surface area contributed by atoms with E-state index in [2.05, 4.69) is 0 Å². The minimum Gasteiger partial charge on any atom is -0.233 e. The van der Waals surface area contributed by atoms with Gasteiger partial charge in [-0.25, -0.2) is 8.78 Å². The van der Waals surface area contributed by atoms with Crippen LogP contribution in [0.15, 0.2) is 0 Å². The molecule has 0 aliphatic carbocycles. The quantitative estimate of drug-likeness (QED) is 0.220. The molecule has 0 N–H and O–H groups in total. The van der Waals surface area contributed by atoms with Gasteiger partial charge in [0.1, 0.15) is 14.1 Å². The first-order valence-electron chi connectivity index (χ1n) is 1.71. The molecule has 42 valence electrons. The Labute approximate surface area is 49.8 Å². The van der Waals surface area contributed by atoms with Crippen LogP contribution in [0.3, 0.4) is 0 Å². The van der Waals surface area contributed by atoms with Crippen molar-refractivity contribution in [3.63, 3.8) is 0 Å². The fourth-order valence-electron chi connectivity index (χ4n) is 0.166. The molecule has 4 heteroatoms. The van der Waals surface area contributed by atoms with Crippen LogP contribution in [0, 0.1) is 0 Å². The molecule has 0 saturated carbocycles. The highest BCUT2D eigenvalue weighted by Crippen LogP contribution is 1.78. The van der Waals surface area contributed by atoms with Gasteiger partial charge in [0, 0.05) is 10.7 Å². The molecule has 0 aromatic heterocycles. The lowest BCUT2D eigenvalue weighted by molar-refractivity contribution is -0.456. The Morgan fingerprint density at radius 2 is 2.14 bits per heavy atom. The standard InChI is InChI=1S/C3H7ClNOS/c1-5(2)3-7(4)6/h3H,1-2H3/q+1. The first-order chi connectivity index (χ1) is 3.13. The van der Waals surface area contributed by atoms with E-state index in [9.17, 15) is 4.21 Å². The fourth-order valence-corrected chi connectivity index (χ4v) is 0.975. The van der Waals surface area contributed by atoms with E-state index in [0.29, 0.717) is 0 Å². The predicted molar refractivity (Wildman–Crippen MR) is 32.2 cm³/mol. The van der Waals surface area contributed by atoms with Crippen LogP contribution < -0.4 is 0 Å². The lowest BCUT2D eigenvalue weighted by atomic mass is 11.1. The number of hydrogen-bond acceptors (Lipinski definition) is 1. The normalized spacial score (nSPS) is 13.0. The van der Waals surface area contributed by atoms with Gasteiger partial charge in [-0.15, -0.1) is 0 Å². The van der Waals surface area contributed by atoms with Crippen molar-refractivity contribution in [1.82, 2.24) is 0 Å². The van der Waals surface area contributed by atoms with Crippen LogP contribution >= 0.6 is 10.7 Å². The van der Waals surface area contributed by atoms with Gasteiger partial charge in [0.05, 0.1) is 0 Å². The largest absolute Gasteiger partial charge is 0.243 e. The van der Waals surface area contributed by atoms with Crippen LogP contribution in [0.4, 0.5) is 0 Å². The van der Waals surface area contributed by atoms with E-state index in [1.165, 1.54) is 5.55 Å². The highest BCUT2D eigenvalue weighted by atomic mass is 35.7. The summed E-state index contributed by atoms with van der Waals surface area (Å²) in [7, 11) is 7.25. The summed E-state index contributed by atoms with van der Waals surface area (Å²) in [5, 5.41) is 0. The van der Waals surface area contributed by atoms with Crippen molar-refractivity contribution >= 4 is 26.2 Å². The first kappa shape index (κ1) is 7.11. The molecule has 2 nitrogen and oxygen atoms in total. The Morgan fingerprint density at radius 1 is 1.71 bits per heavy atom. The van der Waals surface area contributed by atoms with Crippen LogP contribution in [0.1, 0.15) is 0 Å². The van der Waals surface area contributed by atoms with Gasteiger partial charge in [-0.3, -0.25) is 0 Å². The van der Waals surface area contributed by atoms with E-state index in [-0.39, 0.29) is 0 Å². The van der Waals surface area contributed by atoms with Gasteiger partial charge in [-0.1, -0.05) is 0 Å². The van der Waals surface area contributed by atoms with Gasteiger partial charge < -0.3 is 0 Å². The third-order valence-electron chi connectivity index (χ3n) is 0.294. The Hall–Kier alpha value is 0.110. The summed E-state index contributed by atoms with van der Waals surface area (Å²) in [4.78, 5) is 0. The summed E-state index contributed by atoms with van der Waals surface area (Å²) < 4.78 is 11.7. The molecule has 0 fully saturated rings. The maximum absolute atomic E-state index is 10.0. The van der Waals surface area contributed by atoms with Crippen molar-refractivity contribution in [2.24, 2.45) is 0 Å². The molecule has 1 unspecified atom stereocenters. The molecule has 0 aliphatic rings. The molecular weight excluding hydrogens is 134 g/mol. The van der Waals surface area contributed by atoms with Crippen LogP contribution in [0.2, 0.25) is 0 Å². The van der Waals surface area contributed by atoms with Crippen molar-refractivity contribution in [1.29, 1.82) is 0 Å². The second-order valence-corrected chi connectivity index (χ2v) is 2.94. The Morgan fingerprint density at radius 3 is 2.14 bits per heavy atom. The van der Waals surface area contributed by atoms with E-state index in [0.717, 1.165) is 0 Å². The lowest BCUT2D eigenvalue weighted by Crippen LogP contribution is -1.99. The summed E-state index contributed by atoms with van der Waals surface area (Å²) in [5.74, 6) is 0. The molecule has 7 heavy (non-hydrogen) atoms.